The maximum absolute atomic E-state index is 14.5. The fourth-order valence-corrected chi connectivity index (χ4v) is 4.79. The first-order chi connectivity index (χ1) is 19.9. The number of phenols is 1. The number of benzene rings is 2. The molecule has 8 nitrogen and oxygen atoms in total. The molecule has 0 heterocycles. The summed E-state index contributed by atoms with van der Waals surface area (Å²) in [4.78, 5) is 42.9. The number of carbonyl (C=O) groups is 3. The Balaban J connectivity index is 2.52. The van der Waals surface area contributed by atoms with E-state index in [1.54, 1.807) is 49.9 Å². The Kier molecular flexibility index (Phi) is 14.4. The molecule has 0 aliphatic carbocycles. The first-order valence-corrected chi connectivity index (χ1v) is 15.4. The Bertz CT molecular complexity index is 1130. The second kappa shape index (κ2) is 17.4. The summed E-state index contributed by atoms with van der Waals surface area (Å²) >= 11 is 0. The van der Waals surface area contributed by atoms with Gasteiger partial charge < -0.3 is 25.4 Å². The highest BCUT2D eigenvalue weighted by molar-refractivity contribution is 5.92. The van der Waals surface area contributed by atoms with E-state index in [1.807, 2.05) is 31.2 Å². The Labute approximate surface area is 252 Å². The highest BCUT2D eigenvalue weighted by Crippen LogP contribution is 2.25. The number of aryl methyl sites for hydroxylation is 1. The van der Waals surface area contributed by atoms with E-state index in [1.165, 1.54) is 0 Å². The summed E-state index contributed by atoms with van der Waals surface area (Å²) in [6, 6.07) is 12.4. The molecular weight excluding hydrogens is 530 g/mol. The van der Waals surface area contributed by atoms with Gasteiger partial charge in [0.15, 0.2) is 0 Å². The summed E-state index contributed by atoms with van der Waals surface area (Å²) in [5.41, 5.74) is 1.72. The van der Waals surface area contributed by atoms with Gasteiger partial charge in [0.25, 0.3) is 0 Å². The van der Waals surface area contributed by atoms with E-state index in [2.05, 4.69) is 24.5 Å². The monoisotopic (exact) mass is 581 g/mol. The van der Waals surface area contributed by atoms with Crippen LogP contribution in [-0.4, -0.2) is 52.6 Å². The average Bonchev–Trinajstić information content (AvgIpc) is 2.92. The molecule has 0 bridgehead atoms. The van der Waals surface area contributed by atoms with Gasteiger partial charge in [-0.15, -0.1) is 0 Å². The van der Waals surface area contributed by atoms with Crippen molar-refractivity contribution in [3.8, 4) is 5.75 Å². The third kappa shape index (κ3) is 12.1. The fraction of sp³-hybridized carbons (Fsp3) is 0.559. The van der Waals surface area contributed by atoms with Crippen LogP contribution in [0.4, 0.5) is 4.79 Å². The van der Waals surface area contributed by atoms with Gasteiger partial charge in [-0.2, -0.15) is 0 Å². The quantitative estimate of drug-likeness (QED) is 0.194. The van der Waals surface area contributed by atoms with Crippen molar-refractivity contribution in [2.24, 2.45) is 0 Å². The lowest BCUT2D eigenvalue weighted by Crippen LogP contribution is -2.54. The van der Waals surface area contributed by atoms with Gasteiger partial charge in [0, 0.05) is 19.5 Å². The SMILES string of the molecule is CCCCCCN(C(=O)C(Cc1ccc(O)cc1)NC(=O)OC(C)(C)C)C(C(=O)NCCCCC)c1cccc(C)c1. The van der Waals surface area contributed by atoms with Crippen LogP contribution in [0.5, 0.6) is 5.75 Å². The van der Waals surface area contributed by atoms with Gasteiger partial charge in [0.05, 0.1) is 0 Å². The minimum absolute atomic E-state index is 0.110. The Morgan fingerprint density at radius 3 is 2.21 bits per heavy atom. The number of ether oxygens (including phenoxy) is 1. The van der Waals surface area contributed by atoms with E-state index < -0.39 is 23.8 Å². The summed E-state index contributed by atoms with van der Waals surface area (Å²) in [7, 11) is 0. The van der Waals surface area contributed by atoms with Gasteiger partial charge >= 0.3 is 6.09 Å². The molecule has 0 fully saturated rings. The normalized spacial score (nSPS) is 12.7. The molecule has 2 unspecified atom stereocenters. The zero-order valence-corrected chi connectivity index (χ0v) is 26.4. The topological polar surface area (TPSA) is 108 Å². The van der Waals surface area contributed by atoms with Crippen molar-refractivity contribution in [2.45, 2.75) is 111 Å². The molecule has 0 radical (unpaired) electrons. The molecule has 8 heteroatoms. The zero-order chi connectivity index (χ0) is 31.1. The lowest BCUT2D eigenvalue weighted by molar-refractivity contribution is -0.142. The maximum Gasteiger partial charge on any atom is 0.408 e. The third-order valence-corrected chi connectivity index (χ3v) is 6.90. The van der Waals surface area contributed by atoms with Crippen LogP contribution in [0.25, 0.3) is 0 Å². The number of hydrogen-bond donors (Lipinski definition) is 3. The van der Waals surface area contributed by atoms with E-state index in [-0.39, 0.29) is 24.0 Å². The first-order valence-electron chi connectivity index (χ1n) is 15.4. The first kappa shape index (κ1) is 34.7. The van der Waals surface area contributed by atoms with E-state index in [9.17, 15) is 19.5 Å². The molecule has 0 aromatic heterocycles. The average molecular weight is 582 g/mol. The summed E-state index contributed by atoms with van der Waals surface area (Å²) in [6.07, 6.45) is 6.06. The van der Waals surface area contributed by atoms with Crippen molar-refractivity contribution in [1.29, 1.82) is 0 Å². The van der Waals surface area contributed by atoms with E-state index in [0.717, 1.165) is 61.6 Å². The smallest absolute Gasteiger partial charge is 0.408 e. The summed E-state index contributed by atoms with van der Waals surface area (Å²) < 4.78 is 5.51. The van der Waals surface area contributed by atoms with Crippen molar-refractivity contribution in [2.75, 3.05) is 13.1 Å². The predicted octanol–water partition coefficient (Wildman–Crippen LogP) is 6.59. The largest absolute Gasteiger partial charge is 0.508 e. The van der Waals surface area contributed by atoms with Crippen molar-refractivity contribution in [1.82, 2.24) is 15.5 Å². The van der Waals surface area contributed by atoms with Crippen molar-refractivity contribution in [3.63, 3.8) is 0 Å². The molecule has 232 valence electrons. The molecule has 2 rings (SSSR count). The Hall–Kier alpha value is -3.55. The van der Waals surface area contributed by atoms with Crippen LogP contribution >= 0.6 is 0 Å². The van der Waals surface area contributed by atoms with Gasteiger partial charge in [0.1, 0.15) is 23.4 Å². The van der Waals surface area contributed by atoms with Crippen molar-refractivity contribution >= 4 is 17.9 Å². The highest BCUT2D eigenvalue weighted by Gasteiger charge is 2.36. The fourth-order valence-electron chi connectivity index (χ4n) is 4.79. The molecule has 42 heavy (non-hydrogen) atoms. The number of hydrogen-bond acceptors (Lipinski definition) is 5. The van der Waals surface area contributed by atoms with E-state index >= 15 is 0 Å². The number of alkyl carbamates (subject to hydrolysis) is 1. The molecule has 3 amide bonds. The number of nitrogens with zero attached hydrogens (tertiary/aromatic N) is 1. The molecule has 0 aliphatic rings. The zero-order valence-electron chi connectivity index (χ0n) is 26.4. The van der Waals surface area contributed by atoms with E-state index in [4.69, 9.17) is 4.74 Å². The maximum atomic E-state index is 14.5. The minimum atomic E-state index is -0.990. The molecule has 2 aromatic rings. The van der Waals surface area contributed by atoms with Crippen LogP contribution in [0.3, 0.4) is 0 Å². The van der Waals surface area contributed by atoms with Gasteiger partial charge in [-0.3, -0.25) is 9.59 Å². The van der Waals surface area contributed by atoms with Gasteiger partial charge in [-0.1, -0.05) is 87.9 Å². The van der Waals surface area contributed by atoms with Crippen LogP contribution in [0, 0.1) is 6.92 Å². The second-order valence-electron chi connectivity index (χ2n) is 12.0. The van der Waals surface area contributed by atoms with Crippen LogP contribution in [0.15, 0.2) is 48.5 Å². The molecule has 0 saturated carbocycles. The second-order valence-corrected chi connectivity index (χ2v) is 12.0. The number of carbonyl (C=O) groups excluding carboxylic acids is 3. The van der Waals surface area contributed by atoms with Crippen molar-refractivity contribution < 1.29 is 24.2 Å². The predicted molar refractivity (Wildman–Crippen MR) is 167 cm³/mol. The number of unbranched alkanes of at least 4 members (excludes halogenated alkanes) is 5. The molecule has 0 aliphatic heterocycles. The number of rotatable bonds is 16. The lowest BCUT2D eigenvalue weighted by Gasteiger charge is -2.35. The molecule has 0 spiro atoms. The Morgan fingerprint density at radius 1 is 0.929 bits per heavy atom. The van der Waals surface area contributed by atoms with E-state index in [0.29, 0.717) is 13.1 Å². The molecule has 3 N–H and O–H groups in total. The number of aromatic hydroxyl groups is 1. The molecule has 0 saturated heterocycles. The third-order valence-electron chi connectivity index (χ3n) is 6.90. The summed E-state index contributed by atoms with van der Waals surface area (Å²) in [6.45, 7) is 12.4. The number of phenolic OH excluding ortho intramolecular Hbond substituents is 1. The molecule has 2 aromatic carbocycles. The summed E-state index contributed by atoms with van der Waals surface area (Å²) in [5, 5.41) is 15.6. The standard InChI is InChI=1S/C34H51N3O5/c1-7-9-11-13-22-37(30(27-16-14-15-25(3)23-27)31(39)35-21-12-10-8-2)32(40)29(36-33(41)42-34(4,5)6)24-26-17-19-28(38)20-18-26/h14-20,23,29-30,38H,7-13,21-22,24H2,1-6H3,(H,35,39)(H,36,41). The van der Waals surface area contributed by atoms with Crippen LogP contribution < -0.4 is 10.6 Å². The molecule has 2 atom stereocenters. The van der Waals surface area contributed by atoms with Crippen molar-refractivity contribution in [3.05, 3.63) is 65.2 Å². The van der Waals surface area contributed by atoms with Crippen LogP contribution in [0.2, 0.25) is 0 Å². The minimum Gasteiger partial charge on any atom is -0.508 e. The molecular formula is C34H51N3O5. The van der Waals surface area contributed by atoms with Crippen LogP contribution in [0.1, 0.15) is 102 Å². The Morgan fingerprint density at radius 2 is 1.60 bits per heavy atom. The number of nitrogens with one attached hydrogen (secondary N) is 2. The highest BCUT2D eigenvalue weighted by atomic mass is 16.6. The van der Waals surface area contributed by atoms with Gasteiger partial charge in [-0.05, 0) is 63.8 Å². The van der Waals surface area contributed by atoms with Crippen LogP contribution in [-0.2, 0) is 20.7 Å². The van der Waals surface area contributed by atoms with Gasteiger partial charge in [-0.25, -0.2) is 4.79 Å². The van der Waals surface area contributed by atoms with Gasteiger partial charge in [0.2, 0.25) is 11.8 Å². The summed E-state index contributed by atoms with van der Waals surface area (Å²) in [5.74, 6) is -0.486. The lowest BCUT2D eigenvalue weighted by atomic mass is 9.98. The number of amides is 3.